The van der Waals surface area contributed by atoms with Crippen molar-refractivity contribution in [2.45, 2.75) is 109 Å². The Morgan fingerprint density at radius 1 is 0.578 bits per heavy atom. The summed E-state index contributed by atoms with van der Waals surface area (Å²) in [7, 11) is 3.14. The van der Waals surface area contributed by atoms with E-state index in [1.54, 1.807) is 13.1 Å². The fraction of sp³-hybridized carbons (Fsp3) is 0.434. The summed E-state index contributed by atoms with van der Waals surface area (Å²) in [6.07, 6.45) is 10.1. The van der Waals surface area contributed by atoms with Crippen LogP contribution < -0.4 is 11.1 Å². The SMILES string of the molecule is C.CN.CNC(=O)c1cc(C(=O)N2CCC(c3ccc(C#N)cc3)CC2)c(C)cc1C1CCC1.Cc1cc(C2CCC2)c(C(=O)O)cc1C(=O)N1CCC(c2ccc(C#N)cc2)CC1. The van der Waals surface area contributed by atoms with E-state index < -0.39 is 5.97 Å². The molecule has 64 heavy (non-hydrogen) atoms. The molecule has 4 aliphatic rings. The maximum Gasteiger partial charge on any atom is 0.335 e. The van der Waals surface area contributed by atoms with Crippen LogP contribution in [0.2, 0.25) is 0 Å². The van der Waals surface area contributed by atoms with Gasteiger partial charge in [-0.05, 0) is 166 Å². The molecular formula is C53H64N6O5. The number of hydrogen-bond donors (Lipinski definition) is 3. The zero-order valence-electron chi connectivity index (χ0n) is 37.1. The quantitative estimate of drug-likeness (QED) is 0.157. The third-order valence-corrected chi connectivity index (χ3v) is 13.6. The molecule has 0 radical (unpaired) electrons. The number of nitrogens with zero attached hydrogens (tertiary/aromatic N) is 4. The van der Waals surface area contributed by atoms with Gasteiger partial charge in [0.15, 0.2) is 0 Å². The van der Waals surface area contributed by atoms with E-state index in [-0.39, 0.29) is 30.7 Å². The average molecular weight is 865 g/mol. The lowest BCUT2D eigenvalue weighted by Gasteiger charge is -2.33. The van der Waals surface area contributed by atoms with Crippen LogP contribution in [0.3, 0.4) is 0 Å². The predicted octanol–water partition coefficient (Wildman–Crippen LogP) is 9.58. The first-order valence-corrected chi connectivity index (χ1v) is 22.4. The van der Waals surface area contributed by atoms with Gasteiger partial charge in [-0.3, -0.25) is 14.4 Å². The van der Waals surface area contributed by atoms with Gasteiger partial charge in [-0.2, -0.15) is 10.5 Å². The van der Waals surface area contributed by atoms with Crippen molar-refractivity contribution in [1.82, 2.24) is 15.1 Å². The summed E-state index contributed by atoms with van der Waals surface area (Å²) in [5.41, 5.74) is 14.1. The molecule has 8 rings (SSSR count). The molecule has 11 heteroatoms. The molecular weight excluding hydrogens is 801 g/mol. The van der Waals surface area contributed by atoms with Crippen LogP contribution in [0.5, 0.6) is 0 Å². The second kappa shape index (κ2) is 22.4. The van der Waals surface area contributed by atoms with Gasteiger partial charge in [0.1, 0.15) is 0 Å². The number of carboxylic acids is 1. The van der Waals surface area contributed by atoms with Gasteiger partial charge in [-0.25, -0.2) is 4.79 Å². The lowest BCUT2D eigenvalue weighted by atomic mass is 9.77. The summed E-state index contributed by atoms with van der Waals surface area (Å²) < 4.78 is 0. The number of amides is 3. The van der Waals surface area contributed by atoms with E-state index in [1.807, 2.05) is 84.3 Å². The average Bonchev–Trinajstić information content (AvgIpc) is 3.28. The molecule has 0 spiro atoms. The van der Waals surface area contributed by atoms with Gasteiger partial charge < -0.3 is 26.0 Å². The van der Waals surface area contributed by atoms with Crippen molar-refractivity contribution in [3.05, 3.63) is 140 Å². The first-order valence-electron chi connectivity index (χ1n) is 22.4. The van der Waals surface area contributed by atoms with Crippen LogP contribution >= 0.6 is 0 Å². The van der Waals surface area contributed by atoms with Crippen LogP contribution in [0.25, 0.3) is 0 Å². The fourth-order valence-corrected chi connectivity index (χ4v) is 9.38. The summed E-state index contributed by atoms with van der Waals surface area (Å²) in [5.74, 6) is 0.384. The largest absolute Gasteiger partial charge is 0.478 e. The van der Waals surface area contributed by atoms with E-state index in [9.17, 15) is 24.3 Å². The fourth-order valence-electron chi connectivity index (χ4n) is 9.38. The summed E-state index contributed by atoms with van der Waals surface area (Å²) in [6, 6.07) is 27.2. The van der Waals surface area contributed by atoms with Gasteiger partial charge >= 0.3 is 5.97 Å². The number of nitriles is 2. The molecule has 2 saturated heterocycles. The monoisotopic (exact) mass is 864 g/mol. The van der Waals surface area contributed by atoms with Gasteiger partial charge in [0.05, 0.1) is 28.8 Å². The molecule has 4 aromatic carbocycles. The Balaban J connectivity index is 0.000000229. The van der Waals surface area contributed by atoms with E-state index >= 15 is 0 Å². The molecule has 4 N–H and O–H groups in total. The highest BCUT2D eigenvalue weighted by Crippen LogP contribution is 2.41. The Morgan fingerprint density at radius 3 is 1.25 bits per heavy atom. The zero-order valence-corrected chi connectivity index (χ0v) is 37.1. The number of carbonyl (C=O) groups is 4. The predicted molar refractivity (Wildman–Crippen MR) is 251 cm³/mol. The normalized spacial score (nSPS) is 16.4. The number of hydrogen-bond acceptors (Lipinski definition) is 7. The minimum Gasteiger partial charge on any atom is -0.478 e. The van der Waals surface area contributed by atoms with Crippen LogP contribution in [0, 0.1) is 36.5 Å². The number of carbonyl (C=O) groups excluding carboxylic acids is 3. The lowest BCUT2D eigenvalue weighted by Crippen LogP contribution is -2.38. The highest BCUT2D eigenvalue weighted by atomic mass is 16.4. The Hall–Kier alpha value is -6.30. The van der Waals surface area contributed by atoms with Crippen LogP contribution in [-0.4, -0.2) is 78.9 Å². The number of rotatable bonds is 8. The molecule has 3 amide bonds. The first kappa shape index (κ1) is 48.7. The van der Waals surface area contributed by atoms with Crippen molar-refractivity contribution < 1.29 is 24.3 Å². The van der Waals surface area contributed by atoms with E-state index in [1.165, 1.54) is 24.6 Å². The van der Waals surface area contributed by atoms with E-state index in [0.29, 0.717) is 77.7 Å². The second-order valence-electron chi connectivity index (χ2n) is 17.2. The van der Waals surface area contributed by atoms with Crippen LogP contribution in [0.4, 0.5) is 0 Å². The number of benzene rings is 4. The molecule has 11 nitrogen and oxygen atoms in total. The van der Waals surface area contributed by atoms with E-state index in [2.05, 4.69) is 29.3 Å². The maximum absolute atomic E-state index is 13.3. The number of aromatic carboxylic acids is 1. The summed E-state index contributed by atoms with van der Waals surface area (Å²) in [4.78, 5) is 54.6. The zero-order chi connectivity index (χ0) is 45.2. The number of piperidine rings is 2. The topological polar surface area (TPSA) is 181 Å². The Bertz CT molecular complexity index is 2370. The van der Waals surface area contributed by atoms with Crippen LogP contribution in [0.15, 0.2) is 72.8 Å². The molecule has 4 fully saturated rings. The number of carboxylic acid groups (broad SMARTS) is 1. The minimum atomic E-state index is -0.953. The second-order valence-corrected chi connectivity index (χ2v) is 17.2. The van der Waals surface area contributed by atoms with E-state index in [4.69, 9.17) is 10.5 Å². The Labute approximate surface area is 379 Å². The van der Waals surface area contributed by atoms with E-state index in [0.717, 1.165) is 80.0 Å². The van der Waals surface area contributed by atoms with Crippen LogP contribution in [0.1, 0.15) is 181 Å². The molecule has 2 saturated carbocycles. The molecule has 4 aromatic rings. The Morgan fingerprint density at radius 2 is 0.938 bits per heavy atom. The van der Waals surface area contributed by atoms with Crippen molar-refractivity contribution in [1.29, 1.82) is 10.5 Å². The van der Waals surface area contributed by atoms with Gasteiger partial charge in [0.2, 0.25) is 0 Å². The molecule has 2 heterocycles. The van der Waals surface area contributed by atoms with Gasteiger partial charge in [-0.1, -0.05) is 56.7 Å². The minimum absolute atomic E-state index is 0. The molecule has 0 bridgehead atoms. The molecule has 0 unspecified atom stereocenters. The number of nitrogens with one attached hydrogen (secondary N) is 1. The van der Waals surface area contributed by atoms with Gasteiger partial charge in [-0.15, -0.1) is 0 Å². The lowest BCUT2D eigenvalue weighted by molar-refractivity contribution is 0.0689. The summed E-state index contributed by atoms with van der Waals surface area (Å²) in [6.45, 7) is 6.58. The number of nitrogens with two attached hydrogens (primary N) is 1. The summed E-state index contributed by atoms with van der Waals surface area (Å²) >= 11 is 0. The molecule has 0 atom stereocenters. The first-order chi connectivity index (χ1) is 30.5. The molecule has 2 aliphatic heterocycles. The van der Waals surface area contributed by atoms with Gasteiger partial charge in [0, 0.05) is 49.9 Å². The van der Waals surface area contributed by atoms with Crippen LogP contribution in [-0.2, 0) is 0 Å². The third-order valence-electron chi connectivity index (χ3n) is 13.6. The summed E-state index contributed by atoms with van der Waals surface area (Å²) in [5, 5.41) is 30.4. The molecule has 336 valence electrons. The highest BCUT2D eigenvalue weighted by molar-refractivity contribution is 6.02. The molecule has 0 aromatic heterocycles. The standard InChI is InChI=1S/C26H29N3O2.C25H26N2O3.CH5N.CH4/c1-17-14-23(21-4-3-5-21)24(25(30)28-2)15-22(17)26(31)29-12-10-20(11-13-29)19-8-6-18(16-27)7-9-19;1-16-13-22(20-3-2-4-20)23(25(29)30)14-21(16)24(28)27-11-9-19(10-12-27)18-7-5-17(15-26)6-8-18;1-2;/h6-9,14-15,20-21H,3-5,10-13H2,1-2H3,(H,28,30);5-8,13-14,19-20H,2-4,9-12H2,1H3,(H,29,30);2H2,1H3;1H4. The van der Waals surface area contributed by atoms with Gasteiger partial charge in [0.25, 0.3) is 17.7 Å². The number of aryl methyl sites for hydroxylation is 2. The van der Waals surface area contributed by atoms with Crippen molar-refractivity contribution in [3.8, 4) is 12.1 Å². The van der Waals surface area contributed by atoms with Crippen molar-refractivity contribution in [2.24, 2.45) is 5.73 Å². The smallest absolute Gasteiger partial charge is 0.335 e. The third kappa shape index (κ3) is 10.9. The Kier molecular flexibility index (Phi) is 17.0. The van der Waals surface area contributed by atoms with Crippen molar-refractivity contribution >= 4 is 23.7 Å². The number of likely N-dealkylation sites (tertiary alicyclic amines) is 2. The maximum atomic E-state index is 13.3. The highest BCUT2D eigenvalue weighted by Gasteiger charge is 2.31. The molecule has 2 aliphatic carbocycles. The van der Waals surface area contributed by atoms with Crippen molar-refractivity contribution in [2.75, 3.05) is 40.3 Å². The van der Waals surface area contributed by atoms with Crippen molar-refractivity contribution in [3.63, 3.8) is 0 Å².